The number of hydrogen-bond acceptors (Lipinski definition) is 8. The molecule has 0 aromatic carbocycles. The molecule has 0 aliphatic carbocycles. The molecular weight excluding hydrogens is 1070 g/mol. The molecule has 0 aliphatic rings. The van der Waals surface area contributed by atoms with Gasteiger partial charge in [-0.2, -0.15) is 0 Å². The normalized spacial score (nSPS) is 13.3. The van der Waals surface area contributed by atoms with Crippen LogP contribution in [-0.2, 0) is 32.7 Å². The monoisotopic (exact) mass is 1210 g/mol. The Balaban J connectivity index is 3.81. The zero-order chi connectivity index (χ0) is 61.6. The summed E-state index contributed by atoms with van der Waals surface area (Å²) < 4.78 is 33.2. The Morgan fingerprint density at radius 1 is 0.365 bits per heavy atom. The molecule has 0 aromatic rings. The van der Waals surface area contributed by atoms with Gasteiger partial charge < -0.3 is 20.1 Å². The number of unbranched alkanes of at least 4 members (excludes halogenated alkanes) is 44. The fourth-order valence-corrected chi connectivity index (χ4v) is 11.5. The van der Waals surface area contributed by atoms with Crippen molar-refractivity contribution in [2.45, 2.75) is 367 Å². The van der Waals surface area contributed by atoms with Gasteiger partial charge in [-0.05, 0) is 83.5 Å². The van der Waals surface area contributed by atoms with Gasteiger partial charge in [-0.1, -0.05) is 337 Å². The zero-order valence-corrected chi connectivity index (χ0v) is 56.7. The van der Waals surface area contributed by atoms with Gasteiger partial charge >= 0.3 is 19.8 Å². The van der Waals surface area contributed by atoms with Crippen molar-refractivity contribution in [3.63, 3.8) is 0 Å². The molecule has 85 heavy (non-hydrogen) atoms. The summed E-state index contributed by atoms with van der Waals surface area (Å²) in [5.41, 5.74) is 5.41. The molecule has 2 atom stereocenters. The predicted octanol–water partition coefficient (Wildman–Crippen LogP) is 24.0. The Bertz CT molecular complexity index is 1620. The summed E-state index contributed by atoms with van der Waals surface area (Å²) in [5, 5.41) is 0. The fourth-order valence-electron chi connectivity index (χ4n) is 10.7. The van der Waals surface area contributed by atoms with E-state index in [-0.39, 0.29) is 38.6 Å². The molecule has 496 valence electrons. The second-order valence-corrected chi connectivity index (χ2v) is 25.9. The van der Waals surface area contributed by atoms with Crippen molar-refractivity contribution in [3.05, 3.63) is 72.9 Å². The third-order valence-electron chi connectivity index (χ3n) is 16.1. The predicted molar refractivity (Wildman–Crippen MR) is 367 cm³/mol. The molecule has 3 N–H and O–H groups in total. The number of esters is 2. The summed E-state index contributed by atoms with van der Waals surface area (Å²) >= 11 is 0. The Morgan fingerprint density at radius 3 is 0.965 bits per heavy atom. The largest absolute Gasteiger partial charge is 0.472 e. The SMILES string of the molecule is CC/C=C\C/C=C\C/C=C\C/C=C\CCCCCCCCCCCCCCCCCCCCC(=O)OC(COC(=O)CCCCCCCCCCCCCCCCCCCCCCC/C=C\C/C=C\CCCCCCC)COP(=O)(O)OCCN. The first-order valence-corrected chi connectivity index (χ1v) is 37.9. The van der Waals surface area contributed by atoms with Gasteiger partial charge in [-0.15, -0.1) is 0 Å². The van der Waals surface area contributed by atoms with Crippen LogP contribution in [0.15, 0.2) is 72.9 Å². The molecule has 10 heteroatoms. The topological polar surface area (TPSA) is 134 Å². The first kappa shape index (κ1) is 82.5. The molecule has 0 rings (SSSR count). The summed E-state index contributed by atoms with van der Waals surface area (Å²) in [6.07, 6.45) is 93.0. The molecule has 0 heterocycles. The Hall–Kier alpha value is -2.55. The lowest BCUT2D eigenvalue weighted by molar-refractivity contribution is -0.161. The molecule has 0 saturated heterocycles. The maximum Gasteiger partial charge on any atom is 0.472 e. The fraction of sp³-hybridized carbons (Fsp3) is 0.813. The van der Waals surface area contributed by atoms with Crippen molar-refractivity contribution in [2.24, 2.45) is 5.73 Å². The van der Waals surface area contributed by atoms with Crippen LogP contribution in [0.5, 0.6) is 0 Å². The Morgan fingerprint density at radius 2 is 0.647 bits per heavy atom. The van der Waals surface area contributed by atoms with E-state index in [1.165, 1.54) is 263 Å². The van der Waals surface area contributed by atoms with Gasteiger partial charge in [0.25, 0.3) is 0 Å². The van der Waals surface area contributed by atoms with Crippen LogP contribution >= 0.6 is 7.82 Å². The van der Waals surface area contributed by atoms with E-state index in [4.69, 9.17) is 24.3 Å². The smallest absolute Gasteiger partial charge is 0.462 e. The van der Waals surface area contributed by atoms with E-state index in [2.05, 4.69) is 86.8 Å². The van der Waals surface area contributed by atoms with E-state index in [1.54, 1.807) is 0 Å². The van der Waals surface area contributed by atoms with Gasteiger partial charge in [0, 0.05) is 19.4 Å². The molecule has 0 radical (unpaired) electrons. The van der Waals surface area contributed by atoms with Crippen molar-refractivity contribution in [3.8, 4) is 0 Å². The van der Waals surface area contributed by atoms with E-state index in [0.29, 0.717) is 6.42 Å². The zero-order valence-electron chi connectivity index (χ0n) is 55.8. The number of hydrogen-bond donors (Lipinski definition) is 2. The second-order valence-electron chi connectivity index (χ2n) is 24.4. The number of nitrogens with two attached hydrogens (primary N) is 1. The number of carbonyl (C=O) groups is 2. The van der Waals surface area contributed by atoms with Crippen molar-refractivity contribution in [1.82, 2.24) is 0 Å². The van der Waals surface area contributed by atoms with Gasteiger partial charge in [0.15, 0.2) is 6.10 Å². The van der Waals surface area contributed by atoms with Gasteiger partial charge in [0.1, 0.15) is 6.61 Å². The molecule has 0 amide bonds. The lowest BCUT2D eigenvalue weighted by Crippen LogP contribution is -2.29. The molecular formula is C75H138NO8P. The average Bonchev–Trinajstić information content (AvgIpc) is 3.52. The van der Waals surface area contributed by atoms with Crippen LogP contribution in [-0.4, -0.2) is 49.3 Å². The summed E-state index contributed by atoms with van der Waals surface area (Å²) in [5.74, 6) is -0.809. The minimum atomic E-state index is -4.39. The van der Waals surface area contributed by atoms with Crippen LogP contribution < -0.4 is 5.73 Å². The molecule has 0 aromatic heterocycles. The van der Waals surface area contributed by atoms with Crippen LogP contribution in [0, 0.1) is 0 Å². The second kappa shape index (κ2) is 70.5. The molecule has 2 unspecified atom stereocenters. The van der Waals surface area contributed by atoms with E-state index in [9.17, 15) is 19.0 Å². The van der Waals surface area contributed by atoms with Gasteiger partial charge in [0.05, 0.1) is 13.2 Å². The number of phosphoric acid groups is 1. The summed E-state index contributed by atoms with van der Waals surface area (Å²) in [4.78, 5) is 35.4. The molecule has 0 fully saturated rings. The van der Waals surface area contributed by atoms with Crippen molar-refractivity contribution < 1.29 is 37.6 Å². The Labute approximate surface area is 526 Å². The highest BCUT2D eigenvalue weighted by atomic mass is 31.2. The molecule has 0 spiro atoms. The molecule has 0 bridgehead atoms. The number of rotatable bonds is 69. The van der Waals surface area contributed by atoms with E-state index in [0.717, 1.165) is 64.2 Å². The standard InChI is InChI=1S/C75H138NO8P/c1-3-5-7-9-11-13-15-17-19-21-23-25-27-29-31-33-35-36-38-39-41-43-45-47-49-51-53-55-57-59-61-63-65-67-74(77)81-71-73(72-83-85(79,80)82-70-69-76)84-75(78)68-66-64-62-60-58-56-54-52-50-48-46-44-42-40-37-34-32-30-28-26-24-22-20-18-16-14-12-10-8-6-4-2/h6,8,12,14-15,17-18,20-21,23-24,26,73H,3-5,7,9-11,13,16,19,22,25,27-72,76H2,1-2H3,(H,79,80)/b8-6-,14-12-,17-15-,20-18-,23-21-,26-24-. The van der Waals surface area contributed by atoms with Crippen LogP contribution in [0.4, 0.5) is 0 Å². The van der Waals surface area contributed by atoms with Crippen LogP contribution in [0.2, 0.25) is 0 Å². The number of allylic oxidation sites excluding steroid dienone is 12. The summed E-state index contributed by atoms with van der Waals surface area (Å²) in [6, 6.07) is 0. The molecule has 9 nitrogen and oxygen atoms in total. The lowest BCUT2D eigenvalue weighted by Gasteiger charge is -2.19. The van der Waals surface area contributed by atoms with Gasteiger partial charge in [-0.3, -0.25) is 18.6 Å². The highest BCUT2D eigenvalue weighted by molar-refractivity contribution is 7.47. The third-order valence-corrected chi connectivity index (χ3v) is 17.1. The van der Waals surface area contributed by atoms with E-state index >= 15 is 0 Å². The van der Waals surface area contributed by atoms with Crippen molar-refractivity contribution in [1.29, 1.82) is 0 Å². The van der Waals surface area contributed by atoms with Gasteiger partial charge in [0.2, 0.25) is 0 Å². The molecule has 0 aliphatic heterocycles. The Kier molecular flexibility index (Phi) is 68.4. The van der Waals surface area contributed by atoms with Crippen LogP contribution in [0.3, 0.4) is 0 Å². The third kappa shape index (κ3) is 70.4. The highest BCUT2D eigenvalue weighted by Gasteiger charge is 2.26. The van der Waals surface area contributed by atoms with E-state index in [1.807, 2.05) is 0 Å². The number of ether oxygens (including phenoxy) is 2. The number of carbonyl (C=O) groups excluding carboxylic acids is 2. The van der Waals surface area contributed by atoms with Gasteiger partial charge in [-0.25, -0.2) is 4.57 Å². The van der Waals surface area contributed by atoms with Crippen LogP contribution in [0.1, 0.15) is 361 Å². The van der Waals surface area contributed by atoms with Crippen molar-refractivity contribution >= 4 is 19.8 Å². The summed E-state index contributed by atoms with van der Waals surface area (Å²) in [7, 11) is -4.39. The first-order valence-electron chi connectivity index (χ1n) is 36.4. The minimum Gasteiger partial charge on any atom is -0.462 e. The lowest BCUT2D eigenvalue weighted by atomic mass is 10.0. The van der Waals surface area contributed by atoms with Crippen LogP contribution in [0.25, 0.3) is 0 Å². The first-order chi connectivity index (χ1) is 41.8. The maximum absolute atomic E-state index is 12.8. The quantitative estimate of drug-likeness (QED) is 0.0264. The maximum atomic E-state index is 12.8. The average molecular weight is 1210 g/mol. The van der Waals surface area contributed by atoms with E-state index < -0.39 is 26.5 Å². The minimum absolute atomic E-state index is 0.0540. The van der Waals surface area contributed by atoms with Crippen molar-refractivity contribution in [2.75, 3.05) is 26.4 Å². The highest BCUT2D eigenvalue weighted by Crippen LogP contribution is 2.43. The summed E-state index contributed by atoms with van der Waals surface area (Å²) in [6.45, 7) is 3.68. The number of phosphoric ester groups is 1. The molecule has 0 saturated carbocycles.